The normalized spacial score (nSPS) is 11.9. The fraction of sp³-hybridized carbons (Fsp3) is 0.235. The molecule has 0 aliphatic heterocycles. The average Bonchev–Trinajstić information content (AvgIpc) is 2.54. The lowest BCUT2D eigenvalue weighted by Gasteiger charge is -2.07. The number of aromatic carboxylic acids is 1. The number of carboxylic acid groups (broad SMARTS) is 1. The Morgan fingerprint density at radius 2 is 1.74 bits per heavy atom. The van der Waals surface area contributed by atoms with Crippen LogP contribution in [0.15, 0.2) is 48.5 Å². The monoisotopic (exact) mass is 352 g/mol. The average molecular weight is 353 g/mol. The van der Waals surface area contributed by atoms with E-state index in [4.69, 9.17) is 21.4 Å². The van der Waals surface area contributed by atoms with Crippen LogP contribution in [-0.2, 0) is 16.6 Å². The van der Waals surface area contributed by atoms with E-state index in [2.05, 4.69) is 0 Å². The minimum atomic E-state index is -0.964. The van der Waals surface area contributed by atoms with Gasteiger partial charge in [0.2, 0.25) is 0 Å². The second-order valence-corrected chi connectivity index (χ2v) is 6.96. The van der Waals surface area contributed by atoms with Gasteiger partial charge in [0, 0.05) is 27.3 Å². The van der Waals surface area contributed by atoms with Gasteiger partial charge in [-0.2, -0.15) is 0 Å². The number of hydrogen-bond donors (Lipinski definition) is 1. The van der Waals surface area contributed by atoms with Gasteiger partial charge in [-0.25, -0.2) is 4.79 Å². The lowest BCUT2D eigenvalue weighted by molar-refractivity contribution is 0.0697. The summed E-state index contributed by atoms with van der Waals surface area (Å²) in [5.74, 6) is 0.702. The van der Waals surface area contributed by atoms with Crippen LogP contribution in [0.5, 0.6) is 5.75 Å². The SMILES string of the molecule is O=C(O)c1ccc(OCCCS(=O)Cc2ccc(Cl)cc2)cc1. The molecule has 0 heterocycles. The van der Waals surface area contributed by atoms with Crippen molar-refractivity contribution < 1.29 is 18.8 Å². The number of benzene rings is 2. The van der Waals surface area contributed by atoms with E-state index in [1.807, 2.05) is 12.1 Å². The van der Waals surface area contributed by atoms with Gasteiger partial charge in [0.05, 0.1) is 12.2 Å². The lowest BCUT2D eigenvalue weighted by Crippen LogP contribution is -2.06. The fourth-order valence-electron chi connectivity index (χ4n) is 1.94. The third-order valence-corrected chi connectivity index (χ3v) is 4.78. The first-order valence-corrected chi connectivity index (χ1v) is 8.97. The molecule has 1 N–H and O–H groups in total. The van der Waals surface area contributed by atoms with Crippen molar-refractivity contribution in [1.82, 2.24) is 0 Å². The van der Waals surface area contributed by atoms with Gasteiger partial charge < -0.3 is 9.84 Å². The minimum Gasteiger partial charge on any atom is -0.494 e. The maximum atomic E-state index is 12.0. The van der Waals surface area contributed by atoms with Crippen LogP contribution in [0.1, 0.15) is 22.3 Å². The first-order chi connectivity index (χ1) is 11.0. The Balaban J connectivity index is 1.69. The van der Waals surface area contributed by atoms with Crippen LogP contribution in [0.25, 0.3) is 0 Å². The van der Waals surface area contributed by atoms with Gasteiger partial charge in [0.1, 0.15) is 5.75 Å². The van der Waals surface area contributed by atoms with Crippen LogP contribution >= 0.6 is 11.6 Å². The van der Waals surface area contributed by atoms with Gasteiger partial charge in [-0.3, -0.25) is 4.21 Å². The molecule has 122 valence electrons. The zero-order valence-electron chi connectivity index (χ0n) is 12.4. The topological polar surface area (TPSA) is 63.6 Å². The maximum absolute atomic E-state index is 12.0. The van der Waals surface area contributed by atoms with Crippen molar-refractivity contribution in [1.29, 1.82) is 0 Å². The largest absolute Gasteiger partial charge is 0.494 e. The highest BCUT2D eigenvalue weighted by Gasteiger charge is 2.04. The Morgan fingerprint density at radius 1 is 1.09 bits per heavy atom. The molecule has 2 aromatic carbocycles. The van der Waals surface area contributed by atoms with Crippen molar-refractivity contribution in [3.05, 3.63) is 64.7 Å². The number of ether oxygens (including phenoxy) is 1. The van der Waals surface area contributed by atoms with E-state index in [1.54, 1.807) is 24.3 Å². The lowest BCUT2D eigenvalue weighted by atomic mass is 10.2. The molecule has 0 spiro atoms. The third-order valence-electron chi connectivity index (χ3n) is 3.13. The predicted molar refractivity (Wildman–Crippen MR) is 91.7 cm³/mol. The highest BCUT2D eigenvalue weighted by molar-refractivity contribution is 7.84. The molecule has 0 saturated carbocycles. The summed E-state index contributed by atoms with van der Waals surface area (Å²) in [5, 5.41) is 9.47. The molecular formula is C17H17ClO4S. The van der Waals surface area contributed by atoms with Crippen LogP contribution in [0.4, 0.5) is 0 Å². The summed E-state index contributed by atoms with van der Waals surface area (Å²) in [6.45, 7) is 0.443. The highest BCUT2D eigenvalue weighted by atomic mass is 35.5. The molecule has 0 fully saturated rings. The molecule has 1 unspecified atom stereocenters. The van der Waals surface area contributed by atoms with Crippen molar-refractivity contribution >= 4 is 28.4 Å². The van der Waals surface area contributed by atoms with Crippen molar-refractivity contribution in [3.8, 4) is 5.75 Å². The zero-order valence-corrected chi connectivity index (χ0v) is 14.0. The third kappa shape index (κ3) is 6.04. The van der Waals surface area contributed by atoms with Crippen LogP contribution in [0.3, 0.4) is 0 Å². The molecule has 2 aromatic rings. The summed E-state index contributed by atoms with van der Waals surface area (Å²) < 4.78 is 17.5. The predicted octanol–water partition coefficient (Wildman–Crippen LogP) is 3.76. The summed E-state index contributed by atoms with van der Waals surface area (Å²) in [7, 11) is -0.946. The Labute approximate surface area is 142 Å². The van der Waals surface area contributed by atoms with E-state index in [-0.39, 0.29) is 5.56 Å². The quantitative estimate of drug-likeness (QED) is 0.735. The number of rotatable bonds is 8. The van der Waals surface area contributed by atoms with Crippen molar-refractivity contribution in [2.75, 3.05) is 12.4 Å². The van der Waals surface area contributed by atoms with E-state index in [1.165, 1.54) is 12.1 Å². The molecule has 0 bridgehead atoms. The fourth-order valence-corrected chi connectivity index (χ4v) is 3.22. The van der Waals surface area contributed by atoms with Crippen LogP contribution in [0, 0.1) is 0 Å². The highest BCUT2D eigenvalue weighted by Crippen LogP contribution is 2.13. The van der Waals surface area contributed by atoms with Gasteiger partial charge in [0.15, 0.2) is 0 Å². The van der Waals surface area contributed by atoms with Crippen LogP contribution in [-0.4, -0.2) is 27.6 Å². The summed E-state index contributed by atoms with van der Waals surface area (Å²) in [4.78, 5) is 10.7. The number of carbonyl (C=O) groups is 1. The van der Waals surface area contributed by atoms with Gasteiger partial charge in [0.25, 0.3) is 0 Å². The number of hydrogen-bond acceptors (Lipinski definition) is 3. The molecule has 0 aliphatic carbocycles. The second-order valence-electron chi connectivity index (χ2n) is 4.95. The molecule has 2 rings (SSSR count). The van der Waals surface area contributed by atoms with Crippen molar-refractivity contribution in [2.45, 2.75) is 12.2 Å². The summed E-state index contributed by atoms with van der Waals surface area (Å²) in [6.07, 6.45) is 0.668. The summed E-state index contributed by atoms with van der Waals surface area (Å²) in [5.41, 5.74) is 1.22. The Kier molecular flexibility index (Phi) is 6.62. The van der Waals surface area contributed by atoms with Crippen molar-refractivity contribution in [2.24, 2.45) is 0 Å². The summed E-state index contributed by atoms with van der Waals surface area (Å²) >= 11 is 5.81. The van der Waals surface area contributed by atoms with Gasteiger partial charge in [-0.15, -0.1) is 0 Å². The molecule has 4 nitrogen and oxygen atoms in total. The van der Waals surface area contributed by atoms with Crippen LogP contribution < -0.4 is 4.74 Å². The van der Waals surface area contributed by atoms with E-state index in [0.29, 0.717) is 35.3 Å². The Bertz CT molecular complexity index is 668. The number of carboxylic acids is 1. The zero-order chi connectivity index (χ0) is 16.7. The maximum Gasteiger partial charge on any atom is 0.335 e. The Hall–Kier alpha value is -1.85. The van der Waals surface area contributed by atoms with Crippen molar-refractivity contribution in [3.63, 3.8) is 0 Å². The molecule has 1 atom stereocenters. The molecule has 0 aromatic heterocycles. The molecular weight excluding hydrogens is 336 g/mol. The number of halogens is 1. The molecule has 23 heavy (non-hydrogen) atoms. The van der Waals surface area contributed by atoms with E-state index < -0.39 is 16.8 Å². The molecule has 0 amide bonds. The molecule has 0 aliphatic rings. The van der Waals surface area contributed by atoms with Gasteiger partial charge in [-0.1, -0.05) is 23.7 Å². The van der Waals surface area contributed by atoms with E-state index in [9.17, 15) is 9.00 Å². The second kappa shape index (κ2) is 8.70. The van der Waals surface area contributed by atoms with Gasteiger partial charge >= 0.3 is 5.97 Å². The van der Waals surface area contributed by atoms with Gasteiger partial charge in [-0.05, 0) is 48.4 Å². The molecule has 0 saturated heterocycles. The van der Waals surface area contributed by atoms with E-state index >= 15 is 0 Å². The first-order valence-electron chi connectivity index (χ1n) is 7.10. The van der Waals surface area contributed by atoms with Crippen LogP contribution in [0.2, 0.25) is 5.02 Å². The molecule has 6 heteroatoms. The smallest absolute Gasteiger partial charge is 0.335 e. The summed E-state index contributed by atoms with van der Waals surface area (Å²) in [6, 6.07) is 13.6. The molecule has 0 radical (unpaired) electrons. The standard InChI is InChI=1S/C17H17ClO4S/c18-15-6-2-13(3-7-15)12-23(21)11-1-10-22-16-8-4-14(5-9-16)17(19)20/h2-9H,1,10-12H2,(H,19,20). The first kappa shape index (κ1) is 17.5. The minimum absolute atomic E-state index is 0.224. The van der Waals surface area contributed by atoms with E-state index in [0.717, 1.165) is 5.56 Å². The Morgan fingerprint density at radius 3 is 2.35 bits per heavy atom.